The number of thiocarbonyl (C=S) groups is 1. The van der Waals surface area contributed by atoms with E-state index in [2.05, 4.69) is 21.6 Å². The fourth-order valence-corrected chi connectivity index (χ4v) is 4.31. The van der Waals surface area contributed by atoms with Crippen LogP contribution in [-0.4, -0.2) is 24.1 Å². The SMILES string of the molecule is O=C(/C=C/c1ccc(-c2cc(Cl)cc(Cl)c2)o1)NC(=S)Nc1ccccc1N1CCCC1. The largest absolute Gasteiger partial charge is 0.457 e. The van der Waals surface area contributed by atoms with E-state index in [4.69, 9.17) is 39.8 Å². The quantitative estimate of drug-likeness (QED) is 0.324. The molecule has 1 aliphatic rings. The van der Waals surface area contributed by atoms with E-state index in [0.29, 0.717) is 21.6 Å². The maximum atomic E-state index is 12.3. The van der Waals surface area contributed by atoms with Gasteiger partial charge in [-0.1, -0.05) is 35.3 Å². The van der Waals surface area contributed by atoms with Crippen molar-refractivity contribution in [2.45, 2.75) is 12.8 Å². The average Bonchev–Trinajstić information content (AvgIpc) is 3.44. The van der Waals surface area contributed by atoms with E-state index in [9.17, 15) is 4.79 Å². The second-order valence-corrected chi connectivity index (χ2v) is 8.63. The van der Waals surface area contributed by atoms with Crippen LogP contribution in [0.5, 0.6) is 0 Å². The summed E-state index contributed by atoms with van der Waals surface area (Å²) in [5.74, 6) is 0.763. The number of hydrogen-bond donors (Lipinski definition) is 2. The number of furan rings is 1. The van der Waals surface area contributed by atoms with E-state index >= 15 is 0 Å². The predicted octanol–water partition coefficient (Wildman–Crippen LogP) is 6.38. The van der Waals surface area contributed by atoms with E-state index in [0.717, 1.165) is 30.0 Å². The van der Waals surface area contributed by atoms with E-state index in [1.807, 2.05) is 18.2 Å². The van der Waals surface area contributed by atoms with Crippen LogP contribution in [0, 0.1) is 0 Å². The van der Waals surface area contributed by atoms with Crippen LogP contribution in [0.4, 0.5) is 11.4 Å². The van der Waals surface area contributed by atoms with Crippen molar-refractivity contribution >= 4 is 63.9 Å². The van der Waals surface area contributed by atoms with E-state index in [1.54, 1.807) is 36.4 Å². The zero-order chi connectivity index (χ0) is 22.5. The van der Waals surface area contributed by atoms with Crippen molar-refractivity contribution in [3.05, 3.63) is 76.5 Å². The highest BCUT2D eigenvalue weighted by Gasteiger charge is 2.16. The maximum Gasteiger partial charge on any atom is 0.250 e. The van der Waals surface area contributed by atoms with Gasteiger partial charge in [-0.15, -0.1) is 0 Å². The third-order valence-electron chi connectivity index (χ3n) is 5.01. The third-order valence-corrected chi connectivity index (χ3v) is 5.65. The molecule has 32 heavy (non-hydrogen) atoms. The Kier molecular flexibility index (Phi) is 7.15. The van der Waals surface area contributed by atoms with Gasteiger partial charge in [-0.3, -0.25) is 10.1 Å². The highest BCUT2D eigenvalue weighted by atomic mass is 35.5. The van der Waals surface area contributed by atoms with Crippen LogP contribution < -0.4 is 15.5 Å². The molecule has 0 unspecified atom stereocenters. The first-order valence-electron chi connectivity index (χ1n) is 10.2. The number of nitrogens with zero attached hydrogens (tertiary/aromatic N) is 1. The smallest absolute Gasteiger partial charge is 0.250 e. The zero-order valence-corrected chi connectivity index (χ0v) is 19.4. The van der Waals surface area contributed by atoms with Gasteiger partial charge in [0.2, 0.25) is 5.91 Å². The first-order chi connectivity index (χ1) is 15.5. The maximum absolute atomic E-state index is 12.3. The Labute approximate surface area is 202 Å². The highest BCUT2D eigenvalue weighted by Crippen LogP contribution is 2.30. The molecular formula is C24H21Cl2N3O2S. The third kappa shape index (κ3) is 5.71. The fraction of sp³-hybridized carbons (Fsp3) is 0.167. The Bertz CT molecular complexity index is 1150. The minimum atomic E-state index is -0.357. The van der Waals surface area contributed by atoms with Gasteiger partial charge >= 0.3 is 0 Å². The molecule has 8 heteroatoms. The van der Waals surface area contributed by atoms with Gasteiger partial charge in [0.25, 0.3) is 0 Å². The summed E-state index contributed by atoms with van der Waals surface area (Å²) < 4.78 is 5.77. The van der Waals surface area contributed by atoms with Crippen LogP contribution in [0.3, 0.4) is 0 Å². The summed E-state index contributed by atoms with van der Waals surface area (Å²) in [5, 5.41) is 7.08. The molecule has 1 amide bonds. The van der Waals surface area contributed by atoms with Crippen LogP contribution in [0.1, 0.15) is 18.6 Å². The van der Waals surface area contributed by atoms with Crippen LogP contribution in [0.15, 0.2) is 65.1 Å². The Hall–Kier alpha value is -2.80. The highest BCUT2D eigenvalue weighted by molar-refractivity contribution is 7.80. The molecule has 1 aliphatic heterocycles. The molecular weight excluding hydrogens is 465 g/mol. The molecule has 2 N–H and O–H groups in total. The van der Waals surface area contributed by atoms with E-state index in [1.165, 1.54) is 18.9 Å². The molecule has 0 bridgehead atoms. The van der Waals surface area contributed by atoms with Crippen molar-refractivity contribution in [3.8, 4) is 11.3 Å². The molecule has 2 aromatic carbocycles. The van der Waals surface area contributed by atoms with Crippen molar-refractivity contribution in [3.63, 3.8) is 0 Å². The second kappa shape index (κ2) is 10.2. The second-order valence-electron chi connectivity index (χ2n) is 7.35. The van der Waals surface area contributed by atoms with Gasteiger partial charge in [0.1, 0.15) is 11.5 Å². The van der Waals surface area contributed by atoms with Crippen molar-refractivity contribution in [1.29, 1.82) is 0 Å². The minimum absolute atomic E-state index is 0.236. The number of para-hydroxylation sites is 2. The van der Waals surface area contributed by atoms with Crippen LogP contribution in [0.2, 0.25) is 10.0 Å². The lowest BCUT2D eigenvalue weighted by Gasteiger charge is -2.22. The molecule has 0 aliphatic carbocycles. The van der Waals surface area contributed by atoms with Crippen LogP contribution >= 0.6 is 35.4 Å². The fourth-order valence-electron chi connectivity index (χ4n) is 3.57. The summed E-state index contributed by atoms with van der Waals surface area (Å²) in [6.45, 7) is 2.04. The minimum Gasteiger partial charge on any atom is -0.457 e. The Morgan fingerprint density at radius 2 is 1.75 bits per heavy atom. The van der Waals surface area contributed by atoms with Crippen molar-refractivity contribution in [2.75, 3.05) is 23.3 Å². The van der Waals surface area contributed by atoms with Gasteiger partial charge < -0.3 is 14.6 Å². The van der Waals surface area contributed by atoms with Crippen molar-refractivity contribution < 1.29 is 9.21 Å². The summed E-state index contributed by atoms with van der Waals surface area (Å²) in [5.41, 5.74) is 2.72. The summed E-state index contributed by atoms with van der Waals surface area (Å²) in [6, 6.07) is 16.7. The van der Waals surface area contributed by atoms with Crippen LogP contribution in [-0.2, 0) is 4.79 Å². The lowest BCUT2D eigenvalue weighted by molar-refractivity contribution is -0.115. The molecule has 2 heterocycles. The topological polar surface area (TPSA) is 57.5 Å². The monoisotopic (exact) mass is 485 g/mol. The summed E-state index contributed by atoms with van der Waals surface area (Å²) in [4.78, 5) is 14.6. The molecule has 0 atom stereocenters. The molecule has 1 saturated heterocycles. The summed E-state index contributed by atoms with van der Waals surface area (Å²) >= 11 is 17.4. The number of carbonyl (C=O) groups excluding carboxylic acids is 1. The predicted molar refractivity (Wildman–Crippen MR) is 135 cm³/mol. The standard InChI is InChI=1S/C24H21Cl2N3O2S/c25-17-13-16(14-18(26)15-17)22-9-7-19(31-22)8-10-23(30)28-24(32)27-20-5-1-2-6-21(20)29-11-3-4-12-29/h1-2,5-10,13-15H,3-4,11-12H2,(H2,27,28,30,32)/b10-8+. The molecule has 0 radical (unpaired) electrons. The Balaban J connectivity index is 1.36. The lowest BCUT2D eigenvalue weighted by Crippen LogP contribution is -2.33. The first-order valence-corrected chi connectivity index (χ1v) is 11.3. The number of anilines is 2. The van der Waals surface area contributed by atoms with Gasteiger partial charge in [-0.25, -0.2) is 0 Å². The molecule has 3 aromatic rings. The summed E-state index contributed by atoms with van der Waals surface area (Å²) in [7, 11) is 0. The molecule has 0 saturated carbocycles. The first kappa shape index (κ1) is 22.4. The molecule has 1 fully saturated rings. The number of carbonyl (C=O) groups is 1. The molecule has 5 nitrogen and oxygen atoms in total. The molecule has 0 spiro atoms. The summed E-state index contributed by atoms with van der Waals surface area (Å²) in [6.07, 6.45) is 5.30. The van der Waals surface area contributed by atoms with Crippen molar-refractivity contribution in [2.24, 2.45) is 0 Å². The molecule has 164 valence electrons. The van der Waals surface area contributed by atoms with Gasteiger partial charge in [0, 0.05) is 34.8 Å². The average molecular weight is 486 g/mol. The normalized spacial score (nSPS) is 13.5. The lowest BCUT2D eigenvalue weighted by atomic mass is 10.2. The molecule has 4 rings (SSSR count). The van der Waals surface area contributed by atoms with E-state index < -0.39 is 0 Å². The van der Waals surface area contributed by atoms with Gasteiger partial charge in [0.15, 0.2) is 5.11 Å². The van der Waals surface area contributed by atoms with Crippen LogP contribution in [0.25, 0.3) is 17.4 Å². The number of hydrogen-bond acceptors (Lipinski definition) is 4. The van der Waals surface area contributed by atoms with Crippen molar-refractivity contribution in [1.82, 2.24) is 5.32 Å². The van der Waals surface area contributed by atoms with Gasteiger partial charge in [0.05, 0.1) is 11.4 Å². The molecule has 1 aromatic heterocycles. The van der Waals surface area contributed by atoms with Gasteiger partial charge in [-0.05, 0) is 73.6 Å². The number of benzene rings is 2. The Morgan fingerprint density at radius 3 is 2.50 bits per heavy atom. The zero-order valence-electron chi connectivity index (χ0n) is 17.1. The van der Waals surface area contributed by atoms with E-state index in [-0.39, 0.29) is 11.0 Å². The van der Waals surface area contributed by atoms with Gasteiger partial charge in [-0.2, -0.15) is 0 Å². The number of rotatable bonds is 5. The number of halogens is 2. The number of amides is 1. The number of nitrogens with one attached hydrogen (secondary N) is 2. The Morgan fingerprint density at radius 1 is 1.03 bits per heavy atom.